The van der Waals surface area contributed by atoms with Crippen molar-refractivity contribution in [3.8, 4) is 0 Å². The minimum absolute atomic E-state index is 0.0148. The molecule has 0 radical (unpaired) electrons. The van der Waals surface area contributed by atoms with E-state index in [-0.39, 0.29) is 18.1 Å². The van der Waals surface area contributed by atoms with Crippen LogP contribution in [0.4, 0.5) is 4.79 Å². The first-order valence-electron chi connectivity index (χ1n) is 8.88. The normalized spacial score (nSPS) is 21.8. The summed E-state index contributed by atoms with van der Waals surface area (Å²) >= 11 is 0. The Kier molecular flexibility index (Phi) is 6.50. The van der Waals surface area contributed by atoms with Gasteiger partial charge in [0.15, 0.2) is 0 Å². The summed E-state index contributed by atoms with van der Waals surface area (Å²) in [5, 5.41) is 15.1. The number of hydrogen-bond donors (Lipinski definition) is 3. The Hall–Kier alpha value is -0.810. The van der Waals surface area contributed by atoms with Gasteiger partial charge in [-0.2, -0.15) is 0 Å². The van der Waals surface area contributed by atoms with Gasteiger partial charge in [0.05, 0.1) is 6.61 Å². The molecule has 0 unspecified atom stereocenters. The minimum Gasteiger partial charge on any atom is -0.396 e. The molecule has 5 nitrogen and oxygen atoms in total. The van der Waals surface area contributed by atoms with Gasteiger partial charge in [-0.3, -0.25) is 0 Å². The molecule has 5 heteroatoms. The number of nitrogens with zero attached hydrogens (tertiary/aromatic N) is 1. The van der Waals surface area contributed by atoms with Crippen molar-refractivity contribution in [2.45, 2.75) is 46.0 Å². The van der Waals surface area contributed by atoms with Gasteiger partial charge in [-0.15, -0.1) is 0 Å². The molecule has 1 heterocycles. The number of piperidine rings is 1. The van der Waals surface area contributed by atoms with E-state index in [0.717, 1.165) is 38.4 Å². The van der Waals surface area contributed by atoms with Gasteiger partial charge in [-0.25, -0.2) is 4.79 Å². The zero-order valence-electron chi connectivity index (χ0n) is 14.2. The van der Waals surface area contributed by atoms with Gasteiger partial charge >= 0.3 is 6.03 Å². The number of amides is 2. The first kappa shape index (κ1) is 17.5. The fourth-order valence-electron chi connectivity index (χ4n) is 2.99. The van der Waals surface area contributed by atoms with Crippen LogP contribution in [-0.4, -0.2) is 55.4 Å². The molecule has 0 aromatic carbocycles. The van der Waals surface area contributed by atoms with E-state index in [9.17, 15) is 9.90 Å². The van der Waals surface area contributed by atoms with Crippen LogP contribution >= 0.6 is 0 Å². The zero-order valence-corrected chi connectivity index (χ0v) is 14.2. The van der Waals surface area contributed by atoms with Crippen LogP contribution < -0.4 is 10.6 Å². The summed E-state index contributed by atoms with van der Waals surface area (Å²) in [6.45, 7) is 9.64. The first-order valence-corrected chi connectivity index (χ1v) is 8.88. The maximum absolute atomic E-state index is 11.8. The number of urea groups is 1. The van der Waals surface area contributed by atoms with Crippen LogP contribution in [0.25, 0.3) is 0 Å². The summed E-state index contributed by atoms with van der Waals surface area (Å²) in [7, 11) is 0. The molecule has 3 N–H and O–H groups in total. The lowest BCUT2D eigenvalue weighted by atomic mass is 9.96. The van der Waals surface area contributed by atoms with Gasteiger partial charge in [0.2, 0.25) is 0 Å². The molecule has 0 bridgehead atoms. The highest BCUT2D eigenvalue weighted by Crippen LogP contribution is 2.44. The van der Waals surface area contributed by atoms with Crippen molar-refractivity contribution in [1.82, 2.24) is 15.5 Å². The van der Waals surface area contributed by atoms with E-state index in [1.165, 1.54) is 25.8 Å². The number of carbonyl (C=O) groups is 1. The van der Waals surface area contributed by atoms with Crippen molar-refractivity contribution < 1.29 is 9.90 Å². The van der Waals surface area contributed by atoms with Crippen molar-refractivity contribution in [2.24, 2.45) is 17.3 Å². The van der Waals surface area contributed by atoms with Crippen LogP contribution in [-0.2, 0) is 0 Å². The second-order valence-corrected chi connectivity index (χ2v) is 7.69. The van der Waals surface area contributed by atoms with Crippen LogP contribution in [0.5, 0.6) is 0 Å². The maximum Gasteiger partial charge on any atom is 0.314 e. The van der Waals surface area contributed by atoms with Gasteiger partial charge < -0.3 is 20.6 Å². The Morgan fingerprint density at radius 3 is 2.50 bits per heavy atom. The van der Waals surface area contributed by atoms with Crippen molar-refractivity contribution in [3.63, 3.8) is 0 Å². The molecule has 1 saturated heterocycles. The summed E-state index contributed by atoms with van der Waals surface area (Å²) in [5.41, 5.74) is -0.0148. The van der Waals surface area contributed by atoms with Crippen LogP contribution in [0.1, 0.15) is 46.0 Å². The molecule has 2 rings (SSSR count). The Labute approximate surface area is 134 Å². The highest BCUT2D eigenvalue weighted by atomic mass is 16.3. The lowest BCUT2D eigenvalue weighted by molar-refractivity contribution is 0.173. The zero-order chi connectivity index (χ0) is 16.0. The lowest BCUT2D eigenvalue weighted by Gasteiger charge is -2.32. The van der Waals surface area contributed by atoms with Crippen LogP contribution in [0, 0.1) is 17.3 Å². The molecule has 0 spiro atoms. The van der Waals surface area contributed by atoms with E-state index < -0.39 is 0 Å². The standard InChI is InChI=1S/C17H33N3O2/c1-14(2)3-8-20-9-4-15(5-10-20)11-18-16(22)19-12-17(13-21)6-7-17/h14-15,21H,3-13H2,1-2H3,(H2,18,19,22). The number of nitrogens with one attached hydrogen (secondary N) is 2. The molecular weight excluding hydrogens is 278 g/mol. The molecule has 0 aromatic rings. The molecule has 22 heavy (non-hydrogen) atoms. The predicted octanol–water partition coefficient (Wildman–Crippen LogP) is 1.82. The number of aliphatic hydroxyl groups is 1. The van der Waals surface area contributed by atoms with Crippen LogP contribution in [0.15, 0.2) is 0 Å². The first-order chi connectivity index (χ1) is 10.5. The molecule has 1 aliphatic carbocycles. The summed E-state index contributed by atoms with van der Waals surface area (Å²) < 4.78 is 0. The molecular formula is C17H33N3O2. The molecule has 2 amide bonds. The van der Waals surface area contributed by atoms with Gasteiger partial charge in [0, 0.05) is 18.5 Å². The van der Waals surface area contributed by atoms with Gasteiger partial charge in [-0.05, 0) is 63.6 Å². The summed E-state index contributed by atoms with van der Waals surface area (Å²) in [6, 6.07) is -0.0815. The molecule has 1 saturated carbocycles. The summed E-state index contributed by atoms with van der Waals surface area (Å²) in [6.07, 6.45) is 5.69. The van der Waals surface area contributed by atoms with Gasteiger partial charge in [0.1, 0.15) is 0 Å². The monoisotopic (exact) mass is 311 g/mol. The largest absolute Gasteiger partial charge is 0.396 e. The van der Waals surface area contributed by atoms with Gasteiger partial charge in [-0.1, -0.05) is 13.8 Å². The van der Waals surface area contributed by atoms with E-state index in [0.29, 0.717) is 12.5 Å². The molecule has 2 fully saturated rings. The van der Waals surface area contributed by atoms with Gasteiger partial charge in [0.25, 0.3) is 0 Å². The second kappa shape index (κ2) is 8.16. The molecule has 1 aliphatic heterocycles. The maximum atomic E-state index is 11.8. The van der Waals surface area contributed by atoms with Crippen molar-refractivity contribution >= 4 is 6.03 Å². The fraction of sp³-hybridized carbons (Fsp3) is 0.941. The molecule has 0 atom stereocenters. The Morgan fingerprint density at radius 1 is 1.27 bits per heavy atom. The molecule has 0 aromatic heterocycles. The lowest BCUT2D eigenvalue weighted by Crippen LogP contribution is -2.43. The smallest absolute Gasteiger partial charge is 0.314 e. The van der Waals surface area contributed by atoms with E-state index in [4.69, 9.17) is 0 Å². The van der Waals surface area contributed by atoms with E-state index in [1.54, 1.807) is 0 Å². The third-order valence-corrected chi connectivity index (χ3v) is 5.20. The number of hydrogen-bond acceptors (Lipinski definition) is 3. The third kappa shape index (κ3) is 5.76. The molecule has 128 valence electrons. The number of carbonyl (C=O) groups excluding carboxylic acids is 1. The van der Waals surface area contributed by atoms with E-state index >= 15 is 0 Å². The van der Waals surface area contributed by atoms with E-state index in [1.807, 2.05) is 0 Å². The Balaban J connectivity index is 1.53. The Morgan fingerprint density at radius 2 is 1.95 bits per heavy atom. The van der Waals surface area contributed by atoms with Crippen molar-refractivity contribution in [2.75, 3.05) is 39.3 Å². The highest BCUT2D eigenvalue weighted by molar-refractivity contribution is 5.73. The quantitative estimate of drug-likeness (QED) is 0.640. The van der Waals surface area contributed by atoms with E-state index in [2.05, 4.69) is 29.4 Å². The minimum atomic E-state index is -0.0815. The highest BCUT2D eigenvalue weighted by Gasteiger charge is 2.42. The number of rotatable bonds is 8. The van der Waals surface area contributed by atoms with Crippen molar-refractivity contribution in [3.05, 3.63) is 0 Å². The number of likely N-dealkylation sites (tertiary alicyclic amines) is 1. The van der Waals surface area contributed by atoms with Crippen molar-refractivity contribution in [1.29, 1.82) is 0 Å². The number of aliphatic hydroxyl groups excluding tert-OH is 1. The summed E-state index contributed by atoms with van der Waals surface area (Å²) in [5.74, 6) is 1.38. The third-order valence-electron chi connectivity index (χ3n) is 5.20. The van der Waals surface area contributed by atoms with Crippen LogP contribution in [0.3, 0.4) is 0 Å². The Bertz CT molecular complexity index is 348. The summed E-state index contributed by atoms with van der Waals surface area (Å²) in [4.78, 5) is 14.4. The SMILES string of the molecule is CC(C)CCN1CCC(CNC(=O)NCC2(CO)CC2)CC1. The second-order valence-electron chi connectivity index (χ2n) is 7.69. The average molecular weight is 311 g/mol. The predicted molar refractivity (Wildman–Crippen MR) is 88.8 cm³/mol. The van der Waals surface area contributed by atoms with Crippen LogP contribution in [0.2, 0.25) is 0 Å². The average Bonchev–Trinajstić information content (AvgIpc) is 3.30. The molecule has 2 aliphatic rings. The topological polar surface area (TPSA) is 64.6 Å². The fourth-order valence-corrected chi connectivity index (χ4v) is 2.99.